The van der Waals surface area contributed by atoms with Crippen LogP contribution in [0.1, 0.15) is 29.4 Å². The molecule has 0 radical (unpaired) electrons. The Kier molecular flexibility index (Phi) is 6.56. The number of methoxy groups -OCH3 is 1. The predicted molar refractivity (Wildman–Crippen MR) is 104 cm³/mol. The SMILES string of the molecule is COC(=O)C[C@@H](c1cnn(C)c1)c1oc(CSc2ccc(F)cc2F)cc(=O)c1O. The molecule has 3 rings (SSSR count). The van der Waals surface area contributed by atoms with Crippen molar-refractivity contribution in [2.75, 3.05) is 7.11 Å². The molecule has 0 unspecified atom stereocenters. The second-order valence-corrected chi connectivity index (χ2v) is 7.45. The number of halogens is 2. The molecule has 0 aliphatic rings. The molecule has 30 heavy (non-hydrogen) atoms. The molecule has 1 atom stereocenters. The summed E-state index contributed by atoms with van der Waals surface area (Å²) in [5.74, 6) is -3.36. The van der Waals surface area contributed by atoms with Crippen LogP contribution >= 0.6 is 11.8 Å². The van der Waals surface area contributed by atoms with E-state index in [-0.39, 0.29) is 28.6 Å². The number of aromatic nitrogens is 2. The van der Waals surface area contributed by atoms with Gasteiger partial charge < -0.3 is 14.3 Å². The van der Waals surface area contributed by atoms with Gasteiger partial charge >= 0.3 is 5.97 Å². The average Bonchev–Trinajstić information content (AvgIpc) is 3.14. The lowest BCUT2D eigenvalue weighted by Gasteiger charge is -2.15. The summed E-state index contributed by atoms with van der Waals surface area (Å²) in [6.07, 6.45) is 2.92. The molecule has 0 fully saturated rings. The third-order valence-corrected chi connectivity index (χ3v) is 5.38. The summed E-state index contributed by atoms with van der Waals surface area (Å²) >= 11 is 0.998. The number of aromatic hydroxyl groups is 1. The molecule has 1 aromatic carbocycles. The zero-order valence-electron chi connectivity index (χ0n) is 16.1. The highest BCUT2D eigenvalue weighted by Crippen LogP contribution is 2.34. The van der Waals surface area contributed by atoms with E-state index in [4.69, 9.17) is 9.15 Å². The number of ether oxygens (including phenoxy) is 1. The molecule has 0 amide bonds. The van der Waals surface area contributed by atoms with Crippen LogP contribution in [0.15, 0.2) is 50.8 Å². The number of aryl methyl sites for hydroxylation is 1. The van der Waals surface area contributed by atoms with Gasteiger partial charge in [-0.2, -0.15) is 5.10 Å². The first kappa shape index (κ1) is 21.6. The normalized spacial score (nSPS) is 12.0. The van der Waals surface area contributed by atoms with Gasteiger partial charge in [0.05, 0.1) is 31.4 Å². The van der Waals surface area contributed by atoms with Crippen LogP contribution in [0.25, 0.3) is 0 Å². The second-order valence-electron chi connectivity index (χ2n) is 6.43. The van der Waals surface area contributed by atoms with E-state index in [9.17, 15) is 23.5 Å². The molecular weight excluding hydrogens is 418 g/mol. The fourth-order valence-electron chi connectivity index (χ4n) is 2.84. The first-order valence-corrected chi connectivity index (χ1v) is 9.76. The van der Waals surface area contributed by atoms with Crippen molar-refractivity contribution in [2.24, 2.45) is 7.05 Å². The number of nitrogens with zero attached hydrogens (tertiary/aromatic N) is 2. The molecule has 7 nitrogen and oxygen atoms in total. The number of benzene rings is 1. The van der Waals surface area contributed by atoms with Gasteiger partial charge in [0, 0.05) is 35.8 Å². The van der Waals surface area contributed by atoms with Crippen LogP contribution in [0, 0.1) is 11.6 Å². The summed E-state index contributed by atoms with van der Waals surface area (Å²) in [4.78, 5) is 24.4. The third kappa shape index (κ3) is 4.88. The Balaban J connectivity index is 1.95. The first-order chi connectivity index (χ1) is 14.3. The first-order valence-electron chi connectivity index (χ1n) is 8.77. The number of carbonyl (C=O) groups excluding carboxylic acids is 1. The van der Waals surface area contributed by atoms with Crippen molar-refractivity contribution in [2.45, 2.75) is 23.0 Å². The van der Waals surface area contributed by atoms with Gasteiger partial charge in [0.25, 0.3) is 0 Å². The van der Waals surface area contributed by atoms with Crippen molar-refractivity contribution < 1.29 is 27.8 Å². The number of hydrogen-bond acceptors (Lipinski definition) is 7. The number of rotatable bonds is 7. The van der Waals surface area contributed by atoms with Gasteiger partial charge in [0.1, 0.15) is 17.4 Å². The van der Waals surface area contributed by atoms with Crippen molar-refractivity contribution >= 4 is 17.7 Å². The van der Waals surface area contributed by atoms with Gasteiger partial charge in [-0.3, -0.25) is 14.3 Å². The maximum absolute atomic E-state index is 13.9. The molecular formula is C20H18F2N2O5S. The summed E-state index contributed by atoms with van der Waals surface area (Å²) in [6.45, 7) is 0. The van der Waals surface area contributed by atoms with Gasteiger partial charge in [-0.05, 0) is 12.1 Å². The summed E-state index contributed by atoms with van der Waals surface area (Å²) in [5.41, 5.74) is -0.166. The van der Waals surface area contributed by atoms with Crippen molar-refractivity contribution in [3.8, 4) is 5.75 Å². The Morgan fingerprint density at radius 1 is 1.37 bits per heavy atom. The summed E-state index contributed by atoms with van der Waals surface area (Å²) in [6, 6.07) is 4.25. The molecule has 0 saturated heterocycles. The van der Waals surface area contributed by atoms with Crippen molar-refractivity contribution in [3.63, 3.8) is 0 Å². The van der Waals surface area contributed by atoms with Gasteiger partial charge in [-0.15, -0.1) is 11.8 Å². The molecule has 158 valence electrons. The van der Waals surface area contributed by atoms with E-state index in [1.54, 1.807) is 13.2 Å². The Morgan fingerprint density at radius 2 is 2.13 bits per heavy atom. The minimum absolute atomic E-state index is 0.0447. The smallest absolute Gasteiger partial charge is 0.306 e. The summed E-state index contributed by atoms with van der Waals surface area (Å²) < 4.78 is 38.9. The van der Waals surface area contributed by atoms with E-state index in [0.717, 1.165) is 30.0 Å². The topological polar surface area (TPSA) is 94.6 Å². The molecule has 0 aliphatic carbocycles. The minimum Gasteiger partial charge on any atom is -0.502 e. The lowest BCUT2D eigenvalue weighted by molar-refractivity contribution is -0.140. The Morgan fingerprint density at radius 3 is 2.77 bits per heavy atom. The van der Waals surface area contributed by atoms with E-state index in [0.29, 0.717) is 5.56 Å². The van der Waals surface area contributed by atoms with E-state index < -0.39 is 34.7 Å². The molecule has 0 aliphatic heterocycles. The fourth-order valence-corrected chi connectivity index (χ4v) is 3.64. The van der Waals surface area contributed by atoms with Crippen molar-refractivity contribution in [3.05, 3.63) is 75.6 Å². The summed E-state index contributed by atoms with van der Waals surface area (Å²) in [5, 5.41) is 14.4. The standard InChI is InChI=1S/C20H18F2N2O5S/c1-24-9-11(8-23-24)14(7-18(26)28-2)20-19(27)16(25)6-13(29-20)10-30-17-4-3-12(21)5-15(17)22/h3-6,8-9,14,27H,7,10H2,1-2H3/t14-/m0/s1. The maximum atomic E-state index is 13.9. The molecule has 3 aromatic rings. The van der Waals surface area contributed by atoms with Crippen LogP contribution in [0.4, 0.5) is 8.78 Å². The number of esters is 1. The van der Waals surface area contributed by atoms with E-state index in [1.807, 2.05) is 0 Å². The molecule has 2 heterocycles. The second kappa shape index (κ2) is 9.12. The van der Waals surface area contributed by atoms with Crippen molar-refractivity contribution in [1.29, 1.82) is 0 Å². The van der Waals surface area contributed by atoms with Crippen LogP contribution in [0.5, 0.6) is 5.75 Å². The zero-order chi connectivity index (χ0) is 21.8. The zero-order valence-corrected chi connectivity index (χ0v) is 16.9. The van der Waals surface area contributed by atoms with Crippen LogP contribution in [-0.2, 0) is 22.3 Å². The minimum atomic E-state index is -0.814. The lowest BCUT2D eigenvalue weighted by atomic mass is 9.95. The molecule has 1 N–H and O–H groups in total. The molecule has 10 heteroatoms. The molecule has 0 spiro atoms. The predicted octanol–water partition coefficient (Wildman–Crippen LogP) is 3.34. The van der Waals surface area contributed by atoms with Crippen LogP contribution < -0.4 is 5.43 Å². The van der Waals surface area contributed by atoms with Crippen LogP contribution in [0.2, 0.25) is 0 Å². The highest BCUT2D eigenvalue weighted by atomic mass is 32.2. The van der Waals surface area contributed by atoms with Crippen LogP contribution in [-0.4, -0.2) is 28.0 Å². The number of hydrogen-bond donors (Lipinski definition) is 1. The van der Waals surface area contributed by atoms with Crippen molar-refractivity contribution in [1.82, 2.24) is 9.78 Å². The third-order valence-electron chi connectivity index (χ3n) is 4.31. The number of thioether (sulfide) groups is 1. The van der Waals surface area contributed by atoms with E-state index in [1.165, 1.54) is 24.1 Å². The largest absolute Gasteiger partial charge is 0.502 e. The monoisotopic (exact) mass is 436 g/mol. The molecule has 0 bridgehead atoms. The maximum Gasteiger partial charge on any atom is 0.306 e. The Bertz CT molecular complexity index is 1130. The highest BCUT2D eigenvalue weighted by Gasteiger charge is 2.27. The molecule has 0 saturated carbocycles. The highest BCUT2D eigenvalue weighted by molar-refractivity contribution is 7.98. The van der Waals surface area contributed by atoms with E-state index in [2.05, 4.69) is 5.10 Å². The Labute approximate surface area is 174 Å². The fraction of sp³-hybridized carbons (Fsp3) is 0.250. The average molecular weight is 436 g/mol. The van der Waals surface area contributed by atoms with E-state index >= 15 is 0 Å². The van der Waals surface area contributed by atoms with Gasteiger partial charge in [-0.25, -0.2) is 8.78 Å². The Hall–Kier alpha value is -3.14. The van der Waals surface area contributed by atoms with Gasteiger partial charge in [0.2, 0.25) is 11.2 Å². The van der Waals surface area contributed by atoms with Gasteiger partial charge in [-0.1, -0.05) is 0 Å². The van der Waals surface area contributed by atoms with Crippen LogP contribution in [0.3, 0.4) is 0 Å². The lowest BCUT2D eigenvalue weighted by Crippen LogP contribution is -2.13. The van der Waals surface area contributed by atoms with Gasteiger partial charge in [0.15, 0.2) is 5.76 Å². The quantitative estimate of drug-likeness (QED) is 0.448. The molecule has 2 aromatic heterocycles. The summed E-state index contributed by atoms with van der Waals surface area (Å²) in [7, 11) is 2.90. The number of carbonyl (C=O) groups is 1.